The van der Waals surface area contributed by atoms with Crippen LogP contribution in [0.1, 0.15) is 54.5 Å². The van der Waals surface area contributed by atoms with Gasteiger partial charge in [-0.05, 0) is 11.5 Å². The molecule has 26 heavy (non-hydrogen) atoms. The Labute approximate surface area is 152 Å². The highest BCUT2D eigenvalue weighted by molar-refractivity contribution is 5.88. The summed E-state index contributed by atoms with van der Waals surface area (Å²) in [6.45, 7) is 5.84. The van der Waals surface area contributed by atoms with Crippen molar-refractivity contribution in [1.82, 2.24) is 10.3 Å². The van der Waals surface area contributed by atoms with Crippen molar-refractivity contribution in [3.05, 3.63) is 53.2 Å². The van der Waals surface area contributed by atoms with E-state index in [1.54, 1.807) is 0 Å². The number of alkyl carbamates (subject to hydrolysis) is 1. The van der Waals surface area contributed by atoms with Gasteiger partial charge in [-0.15, -0.1) is 0 Å². The van der Waals surface area contributed by atoms with E-state index in [1.165, 1.54) is 7.11 Å². The Morgan fingerprint density at radius 2 is 1.92 bits per heavy atom. The lowest BCUT2D eigenvalue weighted by atomic mass is 10.1. The van der Waals surface area contributed by atoms with Crippen molar-refractivity contribution < 1.29 is 23.5 Å². The molecular formula is C19H24N2O5. The van der Waals surface area contributed by atoms with Crippen molar-refractivity contribution in [3.8, 4) is 0 Å². The number of nitrogens with zero attached hydrogens (tertiary/aromatic N) is 1. The molecule has 7 heteroatoms. The number of aromatic nitrogens is 1. The fraction of sp³-hybridized carbons (Fsp3) is 0.421. The highest BCUT2D eigenvalue weighted by Crippen LogP contribution is 2.24. The number of hydrogen-bond acceptors (Lipinski definition) is 6. The summed E-state index contributed by atoms with van der Waals surface area (Å²) in [6, 6.07) is 8.86. The largest absolute Gasteiger partial charge is 0.464 e. The minimum absolute atomic E-state index is 0.0203. The van der Waals surface area contributed by atoms with E-state index in [4.69, 9.17) is 13.9 Å². The summed E-state index contributed by atoms with van der Waals surface area (Å²) in [5, 5.41) is 2.76. The van der Waals surface area contributed by atoms with E-state index in [2.05, 4.69) is 10.3 Å². The predicted octanol–water partition coefficient (Wildman–Crippen LogP) is 3.65. The van der Waals surface area contributed by atoms with Gasteiger partial charge in [-0.2, -0.15) is 0 Å². The molecular weight excluding hydrogens is 336 g/mol. The number of aryl methyl sites for hydroxylation is 1. The Morgan fingerprint density at radius 3 is 2.50 bits per heavy atom. The zero-order chi connectivity index (χ0) is 19.1. The van der Waals surface area contributed by atoms with E-state index in [9.17, 15) is 9.59 Å². The fourth-order valence-corrected chi connectivity index (χ4v) is 2.40. The second kappa shape index (κ2) is 9.03. The quantitative estimate of drug-likeness (QED) is 0.758. The van der Waals surface area contributed by atoms with Gasteiger partial charge < -0.3 is 19.2 Å². The van der Waals surface area contributed by atoms with E-state index in [-0.39, 0.29) is 24.1 Å². The topological polar surface area (TPSA) is 90.7 Å². The molecule has 0 saturated carbocycles. The Bertz CT molecular complexity index is 740. The maximum Gasteiger partial charge on any atom is 0.408 e. The number of methoxy groups -OCH3 is 1. The molecule has 0 bridgehead atoms. The van der Waals surface area contributed by atoms with Gasteiger partial charge in [-0.3, -0.25) is 0 Å². The number of oxazole rings is 1. The molecule has 1 amide bonds. The van der Waals surface area contributed by atoms with E-state index < -0.39 is 18.1 Å². The summed E-state index contributed by atoms with van der Waals surface area (Å²) in [4.78, 5) is 28.2. The summed E-state index contributed by atoms with van der Waals surface area (Å²) in [7, 11) is 1.29. The number of carbonyl (C=O) groups excluding carboxylic acids is 2. The molecule has 1 atom stereocenters. The predicted molar refractivity (Wildman–Crippen MR) is 94.6 cm³/mol. The number of rotatable bonds is 7. The number of amides is 1. The van der Waals surface area contributed by atoms with Crippen LogP contribution in [0.25, 0.3) is 0 Å². The van der Waals surface area contributed by atoms with Crippen molar-refractivity contribution >= 4 is 12.1 Å². The third-order valence-electron chi connectivity index (χ3n) is 3.83. The third kappa shape index (κ3) is 4.84. The Kier molecular flexibility index (Phi) is 6.77. The number of nitrogens with one attached hydrogen (secondary N) is 1. The van der Waals surface area contributed by atoms with Crippen molar-refractivity contribution in [2.45, 2.75) is 39.8 Å². The van der Waals surface area contributed by atoms with Gasteiger partial charge in [0, 0.05) is 6.42 Å². The molecule has 0 unspecified atom stereocenters. The minimum atomic E-state index is -0.580. The lowest BCUT2D eigenvalue weighted by Crippen LogP contribution is -2.32. The van der Waals surface area contributed by atoms with Crippen molar-refractivity contribution in [2.24, 2.45) is 5.92 Å². The van der Waals surface area contributed by atoms with Gasteiger partial charge in [0.2, 0.25) is 5.89 Å². The first-order valence-electron chi connectivity index (χ1n) is 8.51. The summed E-state index contributed by atoms with van der Waals surface area (Å²) in [5.74, 6) is 0.102. The third-order valence-corrected chi connectivity index (χ3v) is 3.83. The first kappa shape index (κ1) is 19.5. The van der Waals surface area contributed by atoms with Crippen LogP contribution in [0.4, 0.5) is 4.79 Å². The summed E-state index contributed by atoms with van der Waals surface area (Å²) >= 11 is 0. The lowest BCUT2D eigenvalue weighted by Gasteiger charge is -2.19. The Balaban J connectivity index is 2.10. The average Bonchev–Trinajstić information content (AvgIpc) is 3.08. The number of hydrogen-bond donors (Lipinski definition) is 1. The van der Waals surface area contributed by atoms with Gasteiger partial charge in [-0.1, -0.05) is 51.1 Å². The van der Waals surface area contributed by atoms with Crippen LogP contribution in [-0.2, 0) is 22.5 Å². The fourth-order valence-electron chi connectivity index (χ4n) is 2.40. The molecule has 0 saturated heterocycles. The average molecular weight is 360 g/mol. The molecule has 7 nitrogen and oxygen atoms in total. The van der Waals surface area contributed by atoms with Crippen LogP contribution < -0.4 is 5.32 Å². The van der Waals surface area contributed by atoms with Crippen LogP contribution >= 0.6 is 0 Å². The highest BCUT2D eigenvalue weighted by Gasteiger charge is 2.28. The first-order valence-corrected chi connectivity index (χ1v) is 8.51. The molecule has 0 radical (unpaired) electrons. The lowest BCUT2D eigenvalue weighted by molar-refractivity contribution is 0.0592. The molecule has 0 fully saturated rings. The van der Waals surface area contributed by atoms with Crippen molar-refractivity contribution in [2.75, 3.05) is 7.11 Å². The van der Waals surface area contributed by atoms with Gasteiger partial charge in [0.15, 0.2) is 5.69 Å². The molecule has 2 aromatic rings. The van der Waals surface area contributed by atoms with Gasteiger partial charge in [0.05, 0.1) is 7.11 Å². The van der Waals surface area contributed by atoms with Crippen molar-refractivity contribution in [1.29, 1.82) is 0 Å². The highest BCUT2D eigenvalue weighted by atomic mass is 16.5. The monoisotopic (exact) mass is 360 g/mol. The smallest absolute Gasteiger partial charge is 0.408 e. The second-order valence-corrected chi connectivity index (χ2v) is 6.10. The van der Waals surface area contributed by atoms with Gasteiger partial charge in [0.1, 0.15) is 18.4 Å². The van der Waals surface area contributed by atoms with E-state index in [0.29, 0.717) is 12.2 Å². The maximum atomic E-state index is 12.2. The molecule has 0 aliphatic carbocycles. The Hall–Kier alpha value is -2.83. The molecule has 0 aliphatic rings. The number of carbonyl (C=O) groups is 2. The molecule has 1 aromatic heterocycles. The van der Waals surface area contributed by atoms with Gasteiger partial charge in [-0.25, -0.2) is 14.6 Å². The normalized spacial score (nSPS) is 11.9. The maximum absolute atomic E-state index is 12.2. The van der Waals surface area contributed by atoms with E-state index >= 15 is 0 Å². The number of ether oxygens (including phenoxy) is 2. The molecule has 0 aliphatic heterocycles. The number of benzene rings is 1. The van der Waals surface area contributed by atoms with Crippen LogP contribution in [0.15, 0.2) is 34.7 Å². The number of esters is 1. The van der Waals surface area contributed by atoms with Crippen LogP contribution in [0.3, 0.4) is 0 Å². The molecule has 1 N–H and O–H groups in total. The van der Waals surface area contributed by atoms with E-state index in [1.807, 2.05) is 51.1 Å². The zero-order valence-electron chi connectivity index (χ0n) is 15.4. The summed E-state index contributed by atoms with van der Waals surface area (Å²) in [6.07, 6.45) is -0.0934. The van der Waals surface area contributed by atoms with Gasteiger partial charge >= 0.3 is 12.1 Å². The summed E-state index contributed by atoms with van der Waals surface area (Å²) < 4.78 is 15.7. The Morgan fingerprint density at radius 1 is 1.23 bits per heavy atom. The SMILES string of the molecule is CCc1oc([C@@H](NC(=O)OCc2ccccc2)C(C)C)nc1C(=O)OC. The first-order chi connectivity index (χ1) is 12.5. The van der Waals surface area contributed by atoms with Gasteiger partial charge in [0.25, 0.3) is 0 Å². The minimum Gasteiger partial charge on any atom is -0.464 e. The second-order valence-electron chi connectivity index (χ2n) is 6.10. The van der Waals surface area contributed by atoms with E-state index in [0.717, 1.165) is 5.56 Å². The zero-order valence-corrected chi connectivity index (χ0v) is 15.4. The molecule has 2 rings (SSSR count). The van der Waals surface area contributed by atoms with Crippen LogP contribution in [0.5, 0.6) is 0 Å². The molecule has 1 aromatic carbocycles. The standard InChI is InChI=1S/C19H24N2O5/c1-5-14-16(18(22)24-4)20-17(26-14)15(12(2)3)21-19(23)25-11-13-9-7-6-8-10-13/h6-10,12,15H,5,11H2,1-4H3,(H,21,23)/t15-/m0/s1. The van der Waals surface area contributed by atoms with Crippen LogP contribution in [-0.4, -0.2) is 24.2 Å². The summed E-state index contributed by atoms with van der Waals surface area (Å²) in [5.41, 5.74) is 1.02. The van der Waals surface area contributed by atoms with Crippen LogP contribution in [0, 0.1) is 5.92 Å². The van der Waals surface area contributed by atoms with Crippen molar-refractivity contribution in [3.63, 3.8) is 0 Å². The molecule has 1 heterocycles. The molecule has 0 spiro atoms. The van der Waals surface area contributed by atoms with Crippen LogP contribution in [0.2, 0.25) is 0 Å². The molecule has 140 valence electrons.